The van der Waals surface area contributed by atoms with Crippen molar-refractivity contribution >= 4 is 0 Å². The Balaban J connectivity index is 1.56. The molecule has 1 aliphatic carbocycles. The molecule has 0 N–H and O–H groups in total. The van der Waals surface area contributed by atoms with E-state index < -0.39 is 0 Å². The second-order valence-electron chi connectivity index (χ2n) is 7.44. The molecule has 0 saturated heterocycles. The fourth-order valence-electron chi connectivity index (χ4n) is 3.66. The molecule has 2 aromatic rings. The third-order valence-electron chi connectivity index (χ3n) is 5.52. The first-order valence-electron chi connectivity index (χ1n) is 10.3. The molecule has 1 saturated carbocycles. The van der Waals surface area contributed by atoms with Crippen LogP contribution in [-0.4, -0.2) is 16.6 Å². The van der Waals surface area contributed by atoms with E-state index in [1.54, 1.807) is 12.4 Å². The van der Waals surface area contributed by atoms with Gasteiger partial charge in [0, 0.05) is 5.56 Å². The topological polar surface area (TPSA) is 35.0 Å². The maximum Gasteiger partial charge on any atom is 0.205 e. The summed E-state index contributed by atoms with van der Waals surface area (Å²) in [4.78, 5) is 8.54. The lowest BCUT2D eigenvalue weighted by molar-refractivity contribution is 0.307. The van der Waals surface area contributed by atoms with Gasteiger partial charge >= 0.3 is 0 Å². The summed E-state index contributed by atoms with van der Waals surface area (Å²) in [5.41, 5.74) is 2.47. The van der Waals surface area contributed by atoms with Crippen molar-refractivity contribution in [1.82, 2.24) is 9.97 Å². The summed E-state index contributed by atoms with van der Waals surface area (Å²) >= 11 is 0. The highest BCUT2D eigenvalue weighted by atomic mass is 16.5. The zero-order valence-corrected chi connectivity index (χ0v) is 16.6. The Morgan fingerprint density at radius 2 is 1.67 bits per heavy atom. The average molecular weight is 363 g/mol. The molecular weight excluding hydrogens is 332 g/mol. The van der Waals surface area contributed by atoms with Crippen molar-refractivity contribution in [2.24, 2.45) is 5.92 Å². The lowest BCUT2D eigenvalue weighted by Crippen LogP contribution is -2.12. The number of unbranched alkanes of at least 4 members (excludes halogenated alkanes) is 1. The number of hydrogen-bond donors (Lipinski definition) is 0. The van der Waals surface area contributed by atoms with E-state index in [-0.39, 0.29) is 0 Å². The molecule has 3 heteroatoms. The lowest BCUT2D eigenvalue weighted by atomic mass is 9.78. The normalized spacial score (nSPS) is 19.2. The molecule has 0 unspecified atom stereocenters. The molecule has 0 amide bonds. The molecule has 1 aliphatic rings. The van der Waals surface area contributed by atoms with Crippen molar-refractivity contribution in [2.75, 3.05) is 6.61 Å². The van der Waals surface area contributed by atoms with E-state index in [4.69, 9.17) is 4.74 Å². The Morgan fingerprint density at radius 3 is 2.30 bits per heavy atom. The minimum atomic E-state index is 0.528. The molecule has 3 nitrogen and oxygen atoms in total. The molecule has 0 spiro atoms. The van der Waals surface area contributed by atoms with Gasteiger partial charge in [0.2, 0.25) is 5.82 Å². The van der Waals surface area contributed by atoms with E-state index in [1.807, 2.05) is 0 Å². The van der Waals surface area contributed by atoms with Crippen LogP contribution in [0.1, 0.15) is 81.7 Å². The number of rotatable bonds is 6. The van der Waals surface area contributed by atoms with Crippen molar-refractivity contribution in [3.05, 3.63) is 53.6 Å². The molecule has 1 heterocycles. The van der Waals surface area contributed by atoms with Crippen LogP contribution in [0.15, 0.2) is 36.7 Å². The minimum Gasteiger partial charge on any atom is -0.490 e. The van der Waals surface area contributed by atoms with Gasteiger partial charge in [-0.3, -0.25) is 0 Å². The number of nitrogens with zero attached hydrogens (tertiary/aromatic N) is 2. The zero-order valence-electron chi connectivity index (χ0n) is 16.6. The quantitative estimate of drug-likeness (QED) is 0.485. The van der Waals surface area contributed by atoms with Crippen molar-refractivity contribution in [3.8, 4) is 17.6 Å². The van der Waals surface area contributed by atoms with E-state index in [2.05, 4.69) is 59.9 Å². The van der Waals surface area contributed by atoms with Crippen molar-refractivity contribution in [3.63, 3.8) is 0 Å². The molecule has 142 valence electrons. The standard InChI is InChI=1S/C24H30N2O/c1-3-5-16-27-23-17-25-24(26-18-23)15-10-20-8-13-22(14-9-20)21-11-6-19(4-2)7-12-21/h8-9,13-14,17-19,21H,3-7,11-12,16H2,1-2H3/t19-,21-. The van der Waals surface area contributed by atoms with Gasteiger partial charge in [-0.25, -0.2) is 9.97 Å². The van der Waals surface area contributed by atoms with Gasteiger partial charge in [-0.05, 0) is 67.6 Å². The van der Waals surface area contributed by atoms with Crippen LogP contribution in [0.4, 0.5) is 0 Å². The van der Waals surface area contributed by atoms with E-state index in [9.17, 15) is 0 Å². The van der Waals surface area contributed by atoms with Crippen LogP contribution in [-0.2, 0) is 0 Å². The second kappa shape index (κ2) is 10.1. The van der Waals surface area contributed by atoms with Crippen LogP contribution in [0.25, 0.3) is 0 Å². The molecule has 0 bridgehead atoms. The molecule has 1 aromatic heterocycles. The van der Waals surface area contributed by atoms with Crippen molar-refractivity contribution in [2.45, 2.75) is 64.7 Å². The molecular formula is C24H30N2O. The number of benzene rings is 1. The number of aromatic nitrogens is 2. The molecule has 0 radical (unpaired) electrons. The molecule has 27 heavy (non-hydrogen) atoms. The van der Waals surface area contributed by atoms with Gasteiger partial charge < -0.3 is 4.74 Å². The first-order chi connectivity index (χ1) is 13.3. The van der Waals surface area contributed by atoms with Crippen LogP contribution in [0.3, 0.4) is 0 Å². The van der Waals surface area contributed by atoms with Gasteiger partial charge in [-0.1, -0.05) is 44.7 Å². The van der Waals surface area contributed by atoms with E-state index in [0.29, 0.717) is 18.2 Å². The maximum atomic E-state index is 5.58. The fraction of sp³-hybridized carbons (Fsp3) is 0.500. The van der Waals surface area contributed by atoms with E-state index in [1.165, 1.54) is 37.7 Å². The summed E-state index contributed by atoms with van der Waals surface area (Å²) in [6, 6.07) is 8.73. The average Bonchev–Trinajstić information content (AvgIpc) is 2.74. The summed E-state index contributed by atoms with van der Waals surface area (Å²) in [5.74, 6) is 9.10. The summed E-state index contributed by atoms with van der Waals surface area (Å²) in [6.45, 7) is 5.16. The van der Waals surface area contributed by atoms with E-state index >= 15 is 0 Å². The molecule has 1 fully saturated rings. The highest BCUT2D eigenvalue weighted by molar-refractivity contribution is 5.40. The lowest BCUT2D eigenvalue weighted by Gasteiger charge is -2.28. The maximum absolute atomic E-state index is 5.58. The second-order valence-corrected chi connectivity index (χ2v) is 7.44. The number of ether oxygens (including phenoxy) is 1. The fourth-order valence-corrected chi connectivity index (χ4v) is 3.66. The van der Waals surface area contributed by atoms with Gasteiger partial charge in [0.05, 0.1) is 19.0 Å². The summed E-state index contributed by atoms with van der Waals surface area (Å²) in [5, 5.41) is 0. The van der Waals surface area contributed by atoms with Crippen molar-refractivity contribution in [1.29, 1.82) is 0 Å². The third-order valence-corrected chi connectivity index (χ3v) is 5.52. The predicted octanol–water partition coefficient (Wildman–Crippen LogP) is 5.74. The van der Waals surface area contributed by atoms with Gasteiger partial charge in [-0.15, -0.1) is 0 Å². The van der Waals surface area contributed by atoms with Crippen LogP contribution in [0.5, 0.6) is 5.75 Å². The van der Waals surface area contributed by atoms with Crippen LogP contribution < -0.4 is 4.74 Å². The Morgan fingerprint density at radius 1 is 0.963 bits per heavy atom. The summed E-state index contributed by atoms with van der Waals surface area (Å²) in [7, 11) is 0. The third kappa shape index (κ3) is 5.82. The Labute approximate surface area is 163 Å². The molecule has 3 rings (SSSR count). The number of hydrogen-bond acceptors (Lipinski definition) is 3. The van der Waals surface area contributed by atoms with Gasteiger partial charge in [0.25, 0.3) is 0 Å². The Bertz CT molecular complexity index is 748. The predicted molar refractivity (Wildman–Crippen MR) is 110 cm³/mol. The first kappa shape index (κ1) is 19.4. The Hall–Kier alpha value is -2.34. The minimum absolute atomic E-state index is 0.528. The zero-order chi connectivity index (χ0) is 18.9. The molecule has 0 atom stereocenters. The largest absolute Gasteiger partial charge is 0.490 e. The van der Waals surface area contributed by atoms with Crippen LogP contribution >= 0.6 is 0 Å². The van der Waals surface area contributed by atoms with Gasteiger partial charge in [0.15, 0.2) is 5.75 Å². The van der Waals surface area contributed by atoms with Crippen LogP contribution in [0, 0.1) is 17.8 Å². The van der Waals surface area contributed by atoms with Gasteiger partial charge in [0.1, 0.15) is 0 Å². The Kier molecular flexibility index (Phi) is 7.27. The SMILES string of the molecule is CCCCOc1cnc(C#Cc2ccc([C@H]3CC[C@H](CC)CC3)cc2)nc1. The summed E-state index contributed by atoms with van der Waals surface area (Å²) in [6.07, 6.45) is 12.3. The van der Waals surface area contributed by atoms with Gasteiger partial charge in [-0.2, -0.15) is 0 Å². The van der Waals surface area contributed by atoms with E-state index in [0.717, 1.165) is 30.2 Å². The monoisotopic (exact) mass is 362 g/mol. The highest BCUT2D eigenvalue weighted by Gasteiger charge is 2.20. The first-order valence-corrected chi connectivity index (χ1v) is 10.3. The van der Waals surface area contributed by atoms with Crippen molar-refractivity contribution < 1.29 is 4.74 Å². The summed E-state index contributed by atoms with van der Waals surface area (Å²) < 4.78 is 5.58. The smallest absolute Gasteiger partial charge is 0.205 e. The molecule has 1 aromatic carbocycles. The molecule has 0 aliphatic heterocycles. The van der Waals surface area contributed by atoms with Crippen LogP contribution in [0.2, 0.25) is 0 Å². The highest BCUT2D eigenvalue weighted by Crippen LogP contribution is 2.36.